The Balaban J connectivity index is 1.87. The van der Waals surface area contributed by atoms with Gasteiger partial charge in [-0.2, -0.15) is 0 Å². The third-order valence-electron chi connectivity index (χ3n) is 5.76. The first-order valence-electron chi connectivity index (χ1n) is 10.8. The summed E-state index contributed by atoms with van der Waals surface area (Å²) in [6.07, 6.45) is 3.20. The Morgan fingerprint density at radius 1 is 1.09 bits per heavy atom. The van der Waals surface area contributed by atoms with Gasteiger partial charge >= 0.3 is 0 Å². The monoisotopic (exact) mass is 428 g/mol. The number of hydrogen-bond acceptors (Lipinski definition) is 4. The third-order valence-corrected chi connectivity index (χ3v) is 5.76. The van der Waals surface area contributed by atoms with E-state index in [4.69, 9.17) is 0 Å². The molecule has 6 nitrogen and oxygen atoms in total. The Hall–Kier alpha value is -3.64. The van der Waals surface area contributed by atoms with Gasteiger partial charge in [-0.05, 0) is 52.2 Å². The van der Waals surface area contributed by atoms with Crippen LogP contribution in [0.25, 0.3) is 22.0 Å². The zero-order valence-corrected chi connectivity index (χ0v) is 18.7. The third kappa shape index (κ3) is 4.09. The van der Waals surface area contributed by atoms with Gasteiger partial charge in [-0.3, -0.25) is 9.59 Å². The largest absolute Gasteiger partial charge is 0.356 e. The molecule has 0 saturated heterocycles. The lowest BCUT2D eigenvalue weighted by molar-refractivity contribution is -0.104. The van der Waals surface area contributed by atoms with E-state index in [-0.39, 0.29) is 5.69 Å². The van der Waals surface area contributed by atoms with Crippen LogP contribution in [-0.2, 0) is 11.3 Å². The van der Waals surface area contributed by atoms with E-state index in [1.807, 2.05) is 42.6 Å². The number of carbonyl (C=O) groups is 2. The minimum Gasteiger partial charge on any atom is -0.356 e. The molecular weight excluding hydrogens is 400 g/mol. The second kappa shape index (κ2) is 9.24. The van der Waals surface area contributed by atoms with Crippen molar-refractivity contribution in [3.05, 3.63) is 72.2 Å². The molecular formula is C26H28N4O2. The highest BCUT2D eigenvalue weighted by atomic mass is 16.2. The first kappa shape index (κ1) is 21.6. The Bertz CT molecular complexity index is 1250. The van der Waals surface area contributed by atoms with Crippen molar-refractivity contribution in [3.8, 4) is 11.1 Å². The second-order valence-electron chi connectivity index (χ2n) is 8.21. The van der Waals surface area contributed by atoms with Gasteiger partial charge in [0, 0.05) is 46.2 Å². The van der Waals surface area contributed by atoms with Gasteiger partial charge in [0.2, 0.25) is 5.78 Å². The highest BCUT2D eigenvalue weighted by Crippen LogP contribution is 2.41. The first-order chi connectivity index (χ1) is 15.5. The molecule has 32 heavy (non-hydrogen) atoms. The van der Waals surface area contributed by atoms with Gasteiger partial charge in [0.1, 0.15) is 5.69 Å². The van der Waals surface area contributed by atoms with Gasteiger partial charge < -0.3 is 19.8 Å². The number of aryl methyl sites for hydroxylation is 1. The molecule has 4 rings (SSSR count). The molecule has 2 aromatic heterocycles. The summed E-state index contributed by atoms with van der Waals surface area (Å²) in [5.74, 6) is -0.581. The number of H-pyrrole nitrogens is 1. The van der Waals surface area contributed by atoms with E-state index in [0.29, 0.717) is 12.0 Å². The fourth-order valence-electron chi connectivity index (χ4n) is 4.27. The molecule has 2 N–H and O–H groups in total. The molecule has 164 valence electrons. The van der Waals surface area contributed by atoms with Gasteiger partial charge in [-0.15, -0.1) is 0 Å². The van der Waals surface area contributed by atoms with Gasteiger partial charge in [-0.25, -0.2) is 0 Å². The molecule has 0 aliphatic carbocycles. The lowest BCUT2D eigenvalue weighted by Gasteiger charge is -2.13. The molecule has 0 fully saturated rings. The van der Waals surface area contributed by atoms with E-state index in [9.17, 15) is 9.59 Å². The molecule has 0 atom stereocenters. The van der Waals surface area contributed by atoms with Crippen molar-refractivity contribution in [1.82, 2.24) is 14.5 Å². The fraction of sp³-hybridized carbons (Fsp3) is 0.231. The van der Waals surface area contributed by atoms with Crippen LogP contribution in [-0.4, -0.2) is 47.2 Å². The maximum absolute atomic E-state index is 12.4. The highest BCUT2D eigenvalue weighted by Gasteiger charge is 2.23. The van der Waals surface area contributed by atoms with Gasteiger partial charge in [0.05, 0.1) is 5.69 Å². The molecule has 0 bridgehead atoms. The zero-order valence-electron chi connectivity index (χ0n) is 18.7. The number of anilines is 2. The number of aromatic amines is 1. The number of benzene rings is 2. The summed E-state index contributed by atoms with van der Waals surface area (Å²) in [6.45, 7) is 4.02. The van der Waals surface area contributed by atoms with E-state index in [0.717, 1.165) is 52.9 Å². The lowest BCUT2D eigenvalue weighted by atomic mass is 10.0. The van der Waals surface area contributed by atoms with Crippen LogP contribution in [0.3, 0.4) is 0 Å². The predicted molar refractivity (Wildman–Crippen MR) is 130 cm³/mol. The number of carbonyl (C=O) groups excluding carboxylic acids is 2. The summed E-state index contributed by atoms with van der Waals surface area (Å²) < 4.78 is 2.34. The van der Waals surface area contributed by atoms with Crippen LogP contribution >= 0.6 is 0 Å². The van der Waals surface area contributed by atoms with Crippen molar-refractivity contribution < 1.29 is 9.59 Å². The summed E-state index contributed by atoms with van der Waals surface area (Å²) in [4.78, 5) is 28.9. The number of ketones is 1. The number of Topliss-reactive ketones (excluding diaryl/α,β-unsaturated/α-hetero) is 1. The van der Waals surface area contributed by atoms with Gasteiger partial charge in [0.15, 0.2) is 6.29 Å². The van der Waals surface area contributed by atoms with Crippen LogP contribution in [0.1, 0.15) is 22.6 Å². The lowest BCUT2D eigenvalue weighted by Crippen LogP contribution is -2.15. The molecule has 2 aromatic carbocycles. The minimum absolute atomic E-state index is 0.266. The zero-order chi connectivity index (χ0) is 22.7. The normalized spacial score (nSPS) is 11.2. The van der Waals surface area contributed by atoms with Crippen molar-refractivity contribution in [2.24, 2.45) is 0 Å². The van der Waals surface area contributed by atoms with E-state index in [1.54, 1.807) is 0 Å². The molecule has 0 radical (unpaired) electrons. The predicted octanol–water partition coefficient (Wildman–Crippen LogP) is 5.02. The van der Waals surface area contributed by atoms with Crippen molar-refractivity contribution in [3.63, 3.8) is 0 Å². The smallest absolute Gasteiger partial charge is 0.243 e. The molecule has 6 heteroatoms. The van der Waals surface area contributed by atoms with Gasteiger partial charge in [0.25, 0.3) is 0 Å². The number of nitrogens with one attached hydrogen (secondary N) is 2. The molecule has 0 amide bonds. The Kier molecular flexibility index (Phi) is 6.23. The highest BCUT2D eigenvalue weighted by molar-refractivity contribution is 6.35. The summed E-state index contributed by atoms with van der Waals surface area (Å²) in [6, 6.07) is 18.0. The molecule has 0 saturated carbocycles. The fourth-order valence-corrected chi connectivity index (χ4v) is 4.27. The maximum atomic E-state index is 12.4. The second-order valence-corrected chi connectivity index (χ2v) is 8.21. The van der Waals surface area contributed by atoms with E-state index in [2.05, 4.69) is 59.0 Å². The van der Waals surface area contributed by atoms with Crippen LogP contribution in [0.15, 0.2) is 60.8 Å². The number of aromatic nitrogens is 2. The van der Waals surface area contributed by atoms with Crippen LogP contribution in [0.5, 0.6) is 0 Å². The number of nitrogens with zero attached hydrogens (tertiary/aromatic N) is 2. The minimum atomic E-state index is -0.581. The number of rotatable bonds is 9. The summed E-state index contributed by atoms with van der Waals surface area (Å²) in [5, 5.41) is 4.49. The average molecular weight is 429 g/mol. The van der Waals surface area contributed by atoms with Crippen molar-refractivity contribution in [2.45, 2.75) is 19.9 Å². The van der Waals surface area contributed by atoms with E-state index >= 15 is 0 Å². The van der Waals surface area contributed by atoms with Crippen LogP contribution in [0, 0.1) is 6.92 Å². The van der Waals surface area contributed by atoms with Crippen LogP contribution in [0.4, 0.5) is 11.4 Å². The first-order valence-corrected chi connectivity index (χ1v) is 10.8. The Morgan fingerprint density at radius 3 is 2.53 bits per heavy atom. The molecule has 2 heterocycles. The average Bonchev–Trinajstić information content (AvgIpc) is 3.32. The van der Waals surface area contributed by atoms with Crippen molar-refractivity contribution in [2.75, 3.05) is 26.0 Å². The molecule has 4 aromatic rings. The Morgan fingerprint density at radius 2 is 1.81 bits per heavy atom. The maximum Gasteiger partial charge on any atom is 0.243 e. The van der Waals surface area contributed by atoms with Crippen LogP contribution < -0.4 is 5.32 Å². The summed E-state index contributed by atoms with van der Waals surface area (Å²) in [7, 11) is 4.16. The number of para-hydroxylation sites is 2. The quantitative estimate of drug-likeness (QED) is 0.223. The molecule has 0 spiro atoms. The summed E-state index contributed by atoms with van der Waals surface area (Å²) in [5.41, 5.74) is 5.96. The van der Waals surface area contributed by atoms with E-state index < -0.39 is 5.78 Å². The van der Waals surface area contributed by atoms with Gasteiger partial charge in [-0.1, -0.05) is 36.4 Å². The topological polar surface area (TPSA) is 70.1 Å². The van der Waals surface area contributed by atoms with Crippen LogP contribution in [0.2, 0.25) is 0 Å². The molecule has 0 aliphatic rings. The number of aldehydes is 1. The number of fused-ring (bicyclic) bond motifs is 1. The Labute approximate surface area is 187 Å². The molecule has 0 aliphatic heterocycles. The summed E-state index contributed by atoms with van der Waals surface area (Å²) >= 11 is 0. The molecule has 0 unspecified atom stereocenters. The standard InChI is InChI=1S/C26H28N4O2/c1-18-24(20-12-7-8-13-22(20)30(18)15-9-14-29(2)3)21-16-27-26(23(32)17-31)25(21)28-19-10-5-4-6-11-19/h4-8,10-13,16-17,27-28H,9,14-15H2,1-3H3. The SMILES string of the molecule is Cc1c(-c2c[nH]c(C(=O)C=O)c2Nc2ccccc2)c2ccccc2n1CCCN(C)C. The van der Waals surface area contributed by atoms with Crippen molar-refractivity contribution >= 4 is 34.3 Å². The van der Waals surface area contributed by atoms with Crippen molar-refractivity contribution in [1.29, 1.82) is 0 Å². The number of hydrogen-bond donors (Lipinski definition) is 2. The van der Waals surface area contributed by atoms with E-state index in [1.165, 1.54) is 0 Å².